The van der Waals surface area contributed by atoms with Gasteiger partial charge in [-0.3, -0.25) is 4.79 Å². The number of ether oxygens (including phenoxy) is 1. The van der Waals surface area contributed by atoms with Crippen LogP contribution in [-0.2, 0) is 9.53 Å². The van der Waals surface area contributed by atoms with Crippen molar-refractivity contribution in [2.75, 3.05) is 26.7 Å². The van der Waals surface area contributed by atoms with Crippen LogP contribution in [0.2, 0.25) is 0 Å². The number of nitrogens with zero attached hydrogens (tertiary/aromatic N) is 1. The highest BCUT2D eigenvalue weighted by Gasteiger charge is 2.61. The lowest BCUT2D eigenvalue weighted by atomic mass is 9.49. The first kappa shape index (κ1) is 20.7. The summed E-state index contributed by atoms with van der Waals surface area (Å²) in [5, 5.41) is 0. The van der Waals surface area contributed by atoms with E-state index in [9.17, 15) is 4.79 Å². The quantitative estimate of drug-likeness (QED) is 0.251. The summed E-state index contributed by atoms with van der Waals surface area (Å²) in [4.78, 5) is 13.1. The fourth-order valence-corrected chi connectivity index (χ4v) is 8.85. The Hall–Kier alpha value is 0.450. The number of carbonyl (C=O) groups excluding carboxylic acids is 1. The van der Waals surface area contributed by atoms with E-state index in [2.05, 4.69) is 7.05 Å². The van der Waals surface area contributed by atoms with Crippen LogP contribution in [0.25, 0.3) is 0 Å². The number of halogens is 2. The summed E-state index contributed by atoms with van der Waals surface area (Å²) in [7, 11) is 2.44. The van der Waals surface area contributed by atoms with Gasteiger partial charge in [0.15, 0.2) is 0 Å². The molecular weight excluding hydrogens is 473 g/mol. The van der Waals surface area contributed by atoms with Crippen LogP contribution < -0.4 is 24.0 Å². The number of hydrogen-bond acceptors (Lipinski definition) is 2. The highest BCUT2D eigenvalue weighted by atomic mass is 127. The zero-order chi connectivity index (χ0) is 18.0. The molecule has 3 nitrogen and oxygen atoms in total. The van der Waals surface area contributed by atoms with Crippen LogP contribution in [0.15, 0.2) is 0 Å². The van der Waals surface area contributed by atoms with E-state index < -0.39 is 0 Å². The number of hydrogen-bond donors (Lipinski definition) is 0. The second-order valence-electron chi connectivity index (χ2n) is 10.9. The van der Waals surface area contributed by atoms with Crippen LogP contribution in [0.4, 0.5) is 0 Å². The molecule has 0 amide bonds. The number of piperidine rings is 2. The molecule has 5 atom stereocenters. The first-order valence-corrected chi connectivity index (χ1v) is 11.5. The van der Waals surface area contributed by atoms with Gasteiger partial charge in [0.25, 0.3) is 0 Å². The predicted molar refractivity (Wildman–Crippen MR) is 103 cm³/mol. The monoisotopic (exact) mass is 507 g/mol. The van der Waals surface area contributed by atoms with E-state index in [1.54, 1.807) is 0 Å². The van der Waals surface area contributed by atoms with Crippen molar-refractivity contribution in [1.29, 1.82) is 0 Å². The molecule has 3 unspecified atom stereocenters. The number of alkyl halides is 1. The van der Waals surface area contributed by atoms with Crippen molar-refractivity contribution in [2.24, 2.45) is 23.2 Å². The number of rotatable bonds is 3. The summed E-state index contributed by atoms with van der Waals surface area (Å²) in [6, 6.07) is 0.709. The Labute approximate surface area is 186 Å². The third-order valence-electron chi connectivity index (χ3n) is 8.86. The summed E-state index contributed by atoms with van der Waals surface area (Å²) in [6.45, 7) is 3.29. The normalized spacial score (nSPS) is 50.6. The molecule has 0 aromatic rings. The molecule has 2 aliphatic heterocycles. The van der Waals surface area contributed by atoms with E-state index in [0.717, 1.165) is 32.1 Å². The summed E-state index contributed by atoms with van der Waals surface area (Å²) < 4.78 is 7.32. The molecule has 6 fully saturated rings. The van der Waals surface area contributed by atoms with Gasteiger partial charge in [0.2, 0.25) is 0 Å². The molecule has 2 saturated heterocycles. The SMILES string of the molecule is C[N+]12CCCC[C@@H]1[C@H](COC(=O)C13CC4CC(CC(Cl)(C4)C1)C3)CCC2.[I-]. The van der Waals surface area contributed by atoms with E-state index in [0.29, 0.717) is 30.4 Å². The zero-order valence-corrected chi connectivity index (χ0v) is 19.6. The Morgan fingerprint density at radius 2 is 1.78 bits per heavy atom. The Morgan fingerprint density at radius 3 is 2.48 bits per heavy atom. The average molecular weight is 508 g/mol. The molecule has 0 N–H and O–H groups in total. The van der Waals surface area contributed by atoms with Gasteiger partial charge in [-0.25, -0.2) is 0 Å². The Balaban J connectivity index is 0.00000180. The number of fused-ring (bicyclic) bond motifs is 1. The molecule has 6 rings (SSSR count). The van der Waals surface area contributed by atoms with Gasteiger partial charge < -0.3 is 33.2 Å². The highest BCUT2D eigenvalue weighted by molar-refractivity contribution is 6.24. The van der Waals surface area contributed by atoms with Gasteiger partial charge in [0.1, 0.15) is 0 Å². The second-order valence-corrected chi connectivity index (χ2v) is 11.7. The van der Waals surface area contributed by atoms with Gasteiger partial charge in [-0.2, -0.15) is 0 Å². The summed E-state index contributed by atoms with van der Waals surface area (Å²) in [5.41, 5.74) is -0.245. The lowest BCUT2D eigenvalue weighted by Gasteiger charge is -2.58. The maximum atomic E-state index is 13.2. The summed E-state index contributed by atoms with van der Waals surface area (Å²) in [6.07, 6.45) is 13.1. The first-order chi connectivity index (χ1) is 12.4. The molecule has 0 radical (unpaired) electrons. The molecule has 0 aromatic carbocycles. The molecular formula is C22H35ClINO2. The number of carbonyl (C=O) groups is 1. The van der Waals surface area contributed by atoms with E-state index in [-0.39, 0.29) is 40.2 Å². The van der Waals surface area contributed by atoms with E-state index in [1.807, 2.05) is 0 Å². The van der Waals surface area contributed by atoms with Gasteiger partial charge in [-0.05, 0) is 76.0 Å². The first-order valence-electron chi connectivity index (χ1n) is 11.1. The average Bonchev–Trinajstić information content (AvgIpc) is 2.56. The molecule has 4 aliphatic carbocycles. The lowest BCUT2D eigenvalue weighted by Crippen LogP contribution is -3.00. The molecule has 2 heterocycles. The van der Waals surface area contributed by atoms with Gasteiger partial charge >= 0.3 is 5.97 Å². The molecule has 154 valence electrons. The van der Waals surface area contributed by atoms with Crippen LogP contribution in [0, 0.1) is 23.2 Å². The van der Waals surface area contributed by atoms with E-state index in [1.165, 1.54) is 56.1 Å². The molecule has 0 spiro atoms. The smallest absolute Gasteiger partial charge is 0.312 e. The molecule has 4 saturated carbocycles. The van der Waals surface area contributed by atoms with Crippen LogP contribution in [0.1, 0.15) is 70.6 Å². The van der Waals surface area contributed by atoms with Gasteiger partial charge in [-0.1, -0.05) is 0 Å². The third kappa shape index (κ3) is 3.58. The van der Waals surface area contributed by atoms with E-state index >= 15 is 0 Å². The van der Waals surface area contributed by atoms with Crippen molar-refractivity contribution in [3.63, 3.8) is 0 Å². The highest BCUT2D eigenvalue weighted by Crippen LogP contribution is 2.64. The van der Waals surface area contributed by atoms with Crippen molar-refractivity contribution in [3.05, 3.63) is 0 Å². The molecule has 4 bridgehead atoms. The van der Waals surface area contributed by atoms with Crippen LogP contribution in [0.5, 0.6) is 0 Å². The third-order valence-corrected chi connectivity index (χ3v) is 9.30. The fourth-order valence-electron chi connectivity index (χ4n) is 8.15. The van der Waals surface area contributed by atoms with Crippen LogP contribution >= 0.6 is 11.6 Å². The topological polar surface area (TPSA) is 26.3 Å². The maximum absolute atomic E-state index is 13.2. The minimum absolute atomic E-state index is 0. The minimum atomic E-state index is -0.245. The van der Waals surface area contributed by atoms with Crippen molar-refractivity contribution in [3.8, 4) is 0 Å². The summed E-state index contributed by atoms with van der Waals surface area (Å²) in [5.74, 6) is 1.99. The van der Waals surface area contributed by atoms with Gasteiger partial charge in [-0.15, -0.1) is 11.6 Å². The number of quaternary nitrogens is 1. The summed E-state index contributed by atoms with van der Waals surface area (Å²) >= 11 is 6.91. The second kappa shape index (κ2) is 7.30. The van der Waals surface area contributed by atoms with Gasteiger partial charge in [0.05, 0.1) is 38.2 Å². The zero-order valence-electron chi connectivity index (χ0n) is 16.7. The van der Waals surface area contributed by atoms with Crippen molar-refractivity contribution in [2.45, 2.75) is 81.5 Å². The maximum Gasteiger partial charge on any atom is 0.312 e. The minimum Gasteiger partial charge on any atom is -1.00 e. The van der Waals surface area contributed by atoms with Crippen molar-refractivity contribution in [1.82, 2.24) is 0 Å². The van der Waals surface area contributed by atoms with Crippen LogP contribution in [-0.4, -0.2) is 48.1 Å². The molecule has 6 aliphatic rings. The van der Waals surface area contributed by atoms with Crippen molar-refractivity contribution >= 4 is 17.6 Å². The number of esters is 1. The van der Waals surface area contributed by atoms with Crippen molar-refractivity contribution < 1.29 is 38.0 Å². The van der Waals surface area contributed by atoms with Crippen LogP contribution in [0.3, 0.4) is 0 Å². The Kier molecular flexibility index (Phi) is 5.60. The van der Waals surface area contributed by atoms with E-state index in [4.69, 9.17) is 16.3 Å². The molecule has 0 aromatic heterocycles. The molecule has 5 heteroatoms. The largest absolute Gasteiger partial charge is 1.00 e. The lowest BCUT2D eigenvalue weighted by molar-refractivity contribution is -0.947. The standard InChI is InChI=1S/C22H35ClNO2.HI/c1-24-7-3-2-6-19(24)18(5-4-8-24)14-26-20(25)21-10-16-9-17(11-21)13-22(23,12-16)15-21;/h16-19H,2-15H2,1H3;1H/q+1;/p-1/t16?,17?,18-,19+,21?,22?,24?;/m0./s1. The van der Waals surface area contributed by atoms with Gasteiger partial charge in [0, 0.05) is 17.2 Å². The Bertz CT molecular complexity index is 581. The Morgan fingerprint density at radius 1 is 1.07 bits per heavy atom. The fraction of sp³-hybridized carbons (Fsp3) is 0.955. The predicted octanol–water partition coefficient (Wildman–Crippen LogP) is 1.52. The molecule has 27 heavy (non-hydrogen) atoms.